The average molecular weight is 1600 g/mol. The first-order valence-corrected chi connectivity index (χ1v) is 42.0. The van der Waals surface area contributed by atoms with Gasteiger partial charge in [-0.3, -0.25) is 0 Å². The molecular formula is C120H79BN4. The van der Waals surface area contributed by atoms with Gasteiger partial charge in [0.05, 0.1) is 54.0 Å². The predicted octanol–water partition coefficient (Wildman–Crippen LogP) is 30.3. The van der Waals surface area contributed by atoms with E-state index in [1.165, 1.54) is 6.07 Å². The van der Waals surface area contributed by atoms with Gasteiger partial charge in [-0.2, -0.15) is 0 Å². The van der Waals surface area contributed by atoms with Crippen LogP contribution in [0, 0.1) is 0 Å². The largest absolute Gasteiger partial charge is 0.310 e. The molecular weight excluding hydrogens is 1510 g/mol. The van der Waals surface area contributed by atoms with Gasteiger partial charge in [-0.15, -0.1) is 0 Å². The first-order chi connectivity index (χ1) is 68.2. The van der Waals surface area contributed by atoms with Crippen LogP contribution in [0.2, 0.25) is 0 Å². The number of para-hydroxylation sites is 4. The van der Waals surface area contributed by atoms with Crippen molar-refractivity contribution in [3.63, 3.8) is 0 Å². The number of benzene rings is 20. The summed E-state index contributed by atoms with van der Waals surface area (Å²) in [5.41, 5.74) is 26.2. The predicted molar refractivity (Wildman–Crippen MR) is 529 cm³/mol. The van der Waals surface area contributed by atoms with Crippen LogP contribution >= 0.6 is 0 Å². The molecule has 0 radical (unpaired) electrons. The summed E-state index contributed by atoms with van der Waals surface area (Å²) in [6.45, 7) is -0.868. The van der Waals surface area contributed by atoms with Crippen LogP contribution in [0.1, 0.15) is 20.6 Å². The van der Waals surface area contributed by atoms with Crippen molar-refractivity contribution >= 4 is 101 Å². The van der Waals surface area contributed by atoms with Crippen molar-refractivity contribution in [3.8, 4) is 134 Å². The third kappa shape index (κ3) is 12.5. The fourth-order valence-corrected chi connectivity index (χ4v) is 19.1. The minimum atomic E-state index is -0.868. The van der Waals surface area contributed by atoms with Gasteiger partial charge in [-0.25, -0.2) is 0 Å². The van der Waals surface area contributed by atoms with E-state index in [1.807, 2.05) is 176 Å². The maximum absolute atomic E-state index is 10.2. The minimum absolute atomic E-state index is 0.0000285. The van der Waals surface area contributed by atoms with Gasteiger partial charge in [0, 0.05) is 77.9 Å². The minimum Gasteiger partial charge on any atom is -0.310 e. The molecule has 0 fully saturated rings. The van der Waals surface area contributed by atoms with Gasteiger partial charge in [-0.1, -0.05) is 364 Å². The maximum Gasteiger partial charge on any atom is 0.252 e. The number of nitrogens with zero attached hydrogens (tertiary/aromatic N) is 4. The van der Waals surface area contributed by atoms with Crippen LogP contribution in [0.5, 0.6) is 0 Å². The monoisotopic (exact) mass is 1600 g/mol. The highest BCUT2D eigenvalue weighted by molar-refractivity contribution is 7.00. The molecule has 2 aromatic heterocycles. The lowest BCUT2D eigenvalue weighted by atomic mass is 9.33. The SMILES string of the molecule is [2H]c1cc([2H])c2c(c1[2H])c1c([2H])c([2H])c([2H])c([2H])c1n2-c1ccc2c(c1)N(c1c(-c3ccccc3)cc(-c3ccccc3)cc1-c1ccccc1)c1cc(-c3cc(-c4ccccc4)cc(-c4ccccc4)c3)cc3c1B2c1ccc(-n2c4c([2H])c([2H])c([2H])c([2H])c4c4c([2H])c([2H])c([2H])c([2H])c42)cc1N3c1c(-c2cccc(-c3ccccc3)c2)cc(-c2ccccc2)cc1-c1cccc(-c2ccccc2)c1. The first-order valence-electron chi connectivity index (χ1n) is 49.5. The number of rotatable bonds is 15. The van der Waals surface area contributed by atoms with E-state index < -0.39 is 79.2 Å². The van der Waals surface area contributed by atoms with Gasteiger partial charge in [0.2, 0.25) is 0 Å². The van der Waals surface area contributed by atoms with Crippen LogP contribution in [-0.4, -0.2) is 15.8 Å². The zero-order valence-electron chi connectivity index (χ0n) is 82.3. The van der Waals surface area contributed by atoms with E-state index in [4.69, 9.17) is 0 Å². The average Bonchev–Trinajstić information content (AvgIpc) is 1.53. The second kappa shape index (κ2) is 30.4. The lowest BCUT2D eigenvalue weighted by Crippen LogP contribution is -2.61. The quantitative estimate of drug-likeness (QED) is 0.0951. The molecule has 4 nitrogen and oxygen atoms in total. The van der Waals surface area contributed by atoms with Crippen LogP contribution in [0.15, 0.2) is 479 Å². The molecule has 24 rings (SSSR count). The van der Waals surface area contributed by atoms with E-state index in [-0.39, 0.29) is 67.4 Å². The fourth-order valence-electron chi connectivity index (χ4n) is 19.1. The van der Waals surface area contributed by atoms with E-state index in [1.54, 1.807) is 9.13 Å². The van der Waals surface area contributed by atoms with Crippen LogP contribution in [0.4, 0.5) is 34.1 Å². The summed E-state index contributed by atoms with van der Waals surface area (Å²) in [6, 6.07) is 127. The number of fused-ring (bicyclic) bond motifs is 10. The normalized spacial score (nSPS) is 13.8. The third-order valence-electron chi connectivity index (χ3n) is 24.8. The van der Waals surface area contributed by atoms with Crippen molar-refractivity contribution in [3.05, 3.63) is 479 Å². The molecule has 0 aliphatic carbocycles. The molecule has 0 bridgehead atoms. The number of anilines is 6. The second-order valence-electron chi connectivity index (χ2n) is 31.9. The lowest BCUT2D eigenvalue weighted by molar-refractivity contribution is 1.17. The molecule has 0 saturated carbocycles. The molecule has 0 unspecified atom stereocenters. The molecule has 2 aliphatic rings. The standard InChI is InChI=1S/C120H79BN4/c1-9-35-80(36-10-1)88-51-33-53-90(67-88)106-74-96(85-45-19-6-20-46-85)75-107(91-54-34-52-89(68-91)81-37-11-2-12-38-81)120(106)125-115-79-99(123-112-61-31-27-57-102(112)103-58-28-32-62-113(103)123)64-66-109(115)121-108-65-63-98(122-110-59-29-25-55-100(110)101-56-26-30-60-111(101)122)78-114(108)124(119-104(86-47-21-7-22-48-86)72-95(84-43-17-5-18-44-84)73-105(119)87-49-23-8-24-50-87)116-76-97(77-117(125)118(116)121)94-70-92(82-39-13-3-14-40-82)69-93(71-94)83-41-15-4-16-42-83/h1-79H/i25D,26D,27D,28D,29D,31D,32D,55D,56D,57D,58D,59D,60D,61D,62D. The van der Waals surface area contributed by atoms with Gasteiger partial charge < -0.3 is 18.9 Å². The Morgan fingerprint density at radius 3 is 0.808 bits per heavy atom. The number of hydrogen-bond acceptors (Lipinski definition) is 2. The molecule has 0 atom stereocenters. The van der Waals surface area contributed by atoms with Crippen molar-refractivity contribution in [2.75, 3.05) is 9.80 Å². The van der Waals surface area contributed by atoms with E-state index in [0.717, 1.165) is 139 Å². The van der Waals surface area contributed by atoms with Gasteiger partial charge in [0.25, 0.3) is 6.71 Å². The first kappa shape index (κ1) is 58.6. The Labute approximate surface area is 748 Å². The van der Waals surface area contributed by atoms with Gasteiger partial charge in [0.1, 0.15) is 0 Å². The van der Waals surface area contributed by atoms with E-state index in [9.17, 15) is 20.6 Å². The van der Waals surface area contributed by atoms with Crippen molar-refractivity contribution in [2.24, 2.45) is 0 Å². The number of hydrogen-bond donors (Lipinski definition) is 0. The summed E-state index contributed by atoms with van der Waals surface area (Å²) in [7, 11) is 0. The van der Waals surface area contributed by atoms with Crippen LogP contribution in [-0.2, 0) is 0 Å². The molecule has 582 valence electrons. The Kier molecular flexibility index (Phi) is 14.3. The summed E-state index contributed by atoms with van der Waals surface area (Å²) < 4.78 is 149. The summed E-state index contributed by atoms with van der Waals surface area (Å²) >= 11 is 0. The maximum atomic E-state index is 10.2. The molecule has 22 aromatic rings. The summed E-state index contributed by atoms with van der Waals surface area (Å²) in [5, 5.41) is -0.186. The van der Waals surface area contributed by atoms with E-state index >= 15 is 0 Å². The van der Waals surface area contributed by atoms with Gasteiger partial charge >= 0.3 is 0 Å². The highest BCUT2D eigenvalue weighted by Gasteiger charge is 2.46. The van der Waals surface area contributed by atoms with E-state index in [0.29, 0.717) is 39.6 Å². The molecule has 0 amide bonds. The molecule has 5 heteroatoms. The zero-order valence-corrected chi connectivity index (χ0v) is 67.3. The molecule has 0 spiro atoms. The molecule has 125 heavy (non-hydrogen) atoms. The van der Waals surface area contributed by atoms with Crippen molar-refractivity contribution in [1.82, 2.24) is 9.13 Å². The molecule has 2 aliphatic heterocycles. The summed E-state index contributed by atoms with van der Waals surface area (Å²) in [5.74, 6) is 0. The Bertz CT molecular complexity index is 8620. The smallest absolute Gasteiger partial charge is 0.252 e. The van der Waals surface area contributed by atoms with Gasteiger partial charge in [-0.05, 0) is 232 Å². The lowest BCUT2D eigenvalue weighted by Gasteiger charge is -2.46. The second-order valence-corrected chi connectivity index (χ2v) is 31.9. The highest BCUT2D eigenvalue weighted by Crippen LogP contribution is 2.57. The van der Waals surface area contributed by atoms with Gasteiger partial charge in [0.15, 0.2) is 0 Å². The Balaban J connectivity index is 0.938. The summed E-state index contributed by atoms with van der Waals surface area (Å²) in [6.07, 6.45) is 0. The highest BCUT2D eigenvalue weighted by atomic mass is 15.2. The van der Waals surface area contributed by atoms with Crippen molar-refractivity contribution in [1.29, 1.82) is 0 Å². The van der Waals surface area contributed by atoms with Crippen molar-refractivity contribution in [2.45, 2.75) is 0 Å². The molecule has 20 aromatic carbocycles. The number of aromatic nitrogens is 2. The Hall–Kier alpha value is -16.3. The molecule has 4 heterocycles. The van der Waals surface area contributed by atoms with Crippen molar-refractivity contribution < 1.29 is 20.6 Å². The topological polar surface area (TPSA) is 16.3 Å². The third-order valence-corrected chi connectivity index (χ3v) is 24.8. The molecule has 0 N–H and O–H groups in total. The fraction of sp³-hybridized carbons (Fsp3) is 0. The van der Waals surface area contributed by atoms with Crippen LogP contribution < -0.4 is 26.2 Å². The Morgan fingerprint density at radius 2 is 0.448 bits per heavy atom. The van der Waals surface area contributed by atoms with Crippen LogP contribution in [0.25, 0.3) is 177 Å². The zero-order chi connectivity index (χ0) is 95.5. The Morgan fingerprint density at radius 1 is 0.184 bits per heavy atom. The summed E-state index contributed by atoms with van der Waals surface area (Å²) in [4.78, 5) is 4.76. The van der Waals surface area contributed by atoms with E-state index in [2.05, 4.69) is 216 Å². The van der Waals surface area contributed by atoms with Crippen LogP contribution in [0.3, 0.4) is 0 Å². The molecule has 0 saturated heterocycles.